The van der Waals surface area contributed by atoms with E-state index < -0.39 is 11.9 Å². The third kappa shape index (κ3) is 5.04. The molecular weight excluding hydrogens is 402 g/mol. The first kappa shape index (κ1) is 21.3. The van der Waals surface area contributed by atoms with Crippen molar-refractivity contribution in [1.82, 2.24) is 10.1 Å². The van der Waals surface area contributed by atoms with Gasteiger partial charge in [-0.15, -0.1) is 0 Å². The minimum atomic E-state index is -0.699. The van der Waals surface area contributed by atoms with Gasteiger partial charge >= 0.3 is 0 Å². The molecule has 0 aliphatic rings. The van der Waals surface area contributed by atoms with Crippen LogP contribution >= 0.6 is 0 Å². The van der Waals surface area contributed by atoms with Gasteiger partial charge in [0.05, 0.1) is 5.69 Å². The lowest BCUT2D eigenvalue weighted by Gasteiger charge is -2.29. The summed E-state index contributed by atoms with van der Waals surface area (Å²) >= 11 is 0. The number of hydrogen-bond donors (Lipinski definition) is 2. The monoisotopic (exact) mass is 427 g/mol. The zero-order chi connectivity index (χ0) is 22.5. The second kappa shape index (κ2) is 9.49. The Labute approximate surface area is 186 Å². The molecule has 0 aliphatic carbocycles. The second-order valence-electron chi connectivity index (χ2n) is 7.84. The number of amides is 1. The first-order valence-electron chi connectivity index (χ1n) is 10.4. The van der Waals surface area contributed by atoms with Crippen molar-refractivity contribution in [3.05, 3.63) is 107 Å². The molecule has 4 rings (SSSR count). The summed E-state index contributed by atoms with van der Waals surface area (Å²) in [4.78, 5) is 14.5. The Balaban J connectivity index is 1.65. The highest BCUT2D eigenvalue weighted by molar-refractivity contribution is 5.81. The van der Waals surface area contributed by atoms with Crippen LogP contribution in [0.5, 0.6) is 5.75 Å². The van der Waals surface area contributed by atoms with Crippen LogP contribution in [0.25, 0.3) is 11.3 Å². The average Bonchev–Trinajstić information content (AvgIpc) is 3.25. The van der Waals surface area contributed by atoms with Gasteiger partial charge in [0.25, 0.3) is 0 Å². The van der Waals surface area contributed by atoms with E-state index in [-0.39, 0.29) is 5.75 Å². The molecule has 1 heterocycles. The first-order valence-corrected chi connectivity index (χ1v) is 10.4. The Bertz CT molecular complexity index is 1170. The summed E-state index contributed by atoms with van der Waals surface area (Å²) in [5.41, 5.74) is 10.4. The number of aromatic hydroxyl groups is 1. The third-order valence-electron chi connectivity index (χ3n) is 5.33. The van der Waals surface area contributed by atoms with Gasteiger partial charge < -0.3 is 15.4 Å². The zero-order valence-corrected chi connectivity index (χ0v) is 17.8. The molecule has 1 aromatic heterocycles. The number of phenolic OH excluding ortho intramolecular Hbond substituents is 1. The Morgan fingerprint density at radius 2 is 1.69 bits per heavy atom. The molecule has 3 aromatic carbocycles. The largest absolute Gasteiger partial charge is 0.508 e. The van der Waals surface area contributed by atoms with Crippen molar-refractivity contribution in [2.24, 2.45) is 5.73 Å². The van der Waals surface area contributed by atoms with Crippen molar-refractivity contribution in [2.45, 2.75) is 26.1 Å². The number of rotatable bonds is 8. The highest BCUT2D eigenvalue weighted by atomic mass is 16.5. The van der Waals surface area contributed by atoms with E-state index in [1.165, 1.54) is 5.56 Å². The van der Waals surface area contributed by atoms with Crippen LogP contribution in [0, 0.1) is 6.92 Å². The highest BCUT2D eigenvalue weighted by Crippen LogP contribution is 2.28. The van der Waals surface area contributed by atoms with Gasteiger partial charge in [0.2, 0.25) is 5.91 Å². The molecule has 6 heteroatoms. The molecule has 1 amide bonds. The number of carbonyl (C=O) groups excluding carboxylic acids is 1. The van der Waals surface area contributed by atoms with Crippen LogP contribution in [0.15, 0.2) is 89.5 Å². The maximum atomic E-state index is 12.5. The van der Waals surface area contributed by atoms with Gasteiger partial charge in [-0.3, -0.25) is 9.69 Å². The van der Waals surface area contributed by atoms with E-state index in [0.29, 0.717) is 30.1 Å². The van der Waals surface area contributed by atoms with Crippen molar-refractivity contribution in [1.29, 1.82) is 0 Å². The van der Waals surface area contributed by atoms with Crippen LogP contribution in [0.1, 0.15) is 28.4 Å². The summed E-state index contributed by atoms with van der Waals surface area (Å²) in [5.74, 6) is 0.319. The Kier molecular flexibility index (Phi) is 6.33. The van der Waals surface area contributed by atoms with Crippen LogP contribution in [0.3, 0.4) is 0 Å². The Hall–Kier alpha value is -3.90. The van der Waals surface area contributed by atoms with E-state index in [1.807, 2.05) is 72.5 Å². The van der Waals surface area contributed by atoms with Crippen LogP contribution < -0.4 is 5.73 Å². The normalized spacial score (nSPS) is 12.1. The number of nitrogens with two attached hydrogens (primary N) is 1. The maximum Gasteiger partial charge on any atom is 0.239 e. The number of hydrogen-bond acceptors (Lipinski definition) is 5. The molecule has 0 radical (unpaired) electrons. The molecule has 0 aliphatic heterocycles. The van der Waals surface area contributed by atoms with Gasteiger partial charge in [-0.25, -0.2) is 0 Å². The topological polar surface area (TPSA) is 92.6 Å². The van der Waals surface area contributed by atoms with E-state index in [4.69, 9.17) is 10.3 Å². The summed E-state index contributed by atoms with van der Waals surface area (Å²) in [6.45, 7) is 2.88. The van der Waals surface area contributed by atoms with Crippen LogP contribution in [0.2, 0.25) is 0 Å². The van der Waals surface area contributed by atoms with E-state index in [0.717, 1.165) is 11.1 Å². The lowest BCUT2D eigenvalue weighted by molar-refractivity contribution is -0.124. The summed E-state index contributed by atoms with van der Waals surface area (Å²) < 4.78 is 5.58. The fourth-order valence-electron chi connectivity index (χ4n) is 3.72. The van der Waals surface area contributed by atoms with Crippen LogP contribution in [-0.2, 0) is 17.9 Å². The standard InChI is InChI=1S/C26H25N3O3/c1-18-7-9-20(10-8-18)24-15-22(28-32-24)17-29(16-19-5-3-2-4-6-19)25(26(27)31)21-11-13-23(30)14-12-21/h2-15,25,30H,16-17H2,1H3,(H2,27,31). The number of primary amides is 1. The molecule has 3 N–H and O–H groups in total. The van der Waals surface area contributed by atoms with E-state index in [2.05, 4.69) is 5.16 Å². The molecule has 0 fully saturated rings. The average molecular weight is 428 g/mol. The van der Waals surface area contributed by atoms with Crippen LogP contribution in [-0.4, -0.2) is 21.1 Å². The number of aromatic nitrogens is 1. The zero-order valence-electron chi connectivity index (χ0n) is 17.8. The van der Waals surface area contributed by atoms with Gasteiger partial charge in [0, 0.05) is 24.7 Å². The maximum absolute atomic E-state index is 12.5. The number of phenols is 1. The number of carbonyl (C=O) groups is 1. The molecule has 32 heavy (non-hydrogen) atoms. The van der Waals surface area contributed by atoms with Crippen LogP contribution in [0.4, 0.5) is 0 Å². The molecule has 162 valence electrons. The van der Waals surface area contributed by atoms with Crippen molar-refractivity contribution >= 4 is 5.91 Å². The van der Waals surface area contributed by atoms with E-state index in [9.17, 15) is 9.90 Å². The summed E-state index contributed by atoms with van der Waals surface area (Å²) in [7, 11) is 0. The van der Waals surface area contributed by atoms with Gasteiger partial charge in [0.15, 0.2) is 5.76 Å². The molecule has 0 spiro atoms. The molecule has 0 saturated heterocycles. The van der Waals surface area contributed by atoms with E-state index >= 15 is 0 Å². The third-order valence-corrected chi connectivity index (χ3v) is 5.33. The van der Waals surface area contributed by atoms with E-state index in [1.54, 1.807) is 24.3 Å². The number of aryl methyl sites for hydroxylation is 1. The lowest BCUT2D eigenvalue weighted by atomic mass is 10.0. The first-order chi connectivity index (χ1) is 15.5. The second-order valence-corrected chi connectivity index (χ2v) is 7.84. The van der Waals surface area contributed by atoms with Crippen molar-refractivity contribution < 1.29 is 14.4 Å². The molecule has 1 atom stereocenters. The molecule has 4 aromatic rings. The smallest absolute Gasteiger partial charge is 0.239 e. The van der Waals surface area contributed by atoms with Crippen molar-refractivity contribution in [3.63, 3.8) is 0 Å². The predicted octanol–water partition coefficient (Wildman–Crippen LogP) is 4.58. The van der Waals surface area contributed by atoms with Gasteiger partial charge in [-0.2, -0.15) is 0 Å². The Morgan fingerprint density at radius 3 is 2.34 bits per heavy atom. The van der Waals surface area contributed by atoms with Crippen molar-refractivity contribution in [3.8, 4) is 17.1 Å². The highest BCUT2D eigenvalue weighted by Gasteiger charge is 2.27. The molecule has 0 bridgehead atoms. The fraction of sp³-hybridized carbons (Fsp3) is 0.154. The summed E-state index contributed by atoms with van der Waals surface area (Å²) in [5, 5.41) is 13.9. The molecule has 1 unspecified atom stereocenters. The number of nitrogens with zero attached hydrogens (tertiary/aromatic N) is 2. The summed E-state index contributed by atoms with van der Waals surface area (Å²) in [6.07, 6.45) is 0. The van der Waals surface area contributed by atoms with Gasteiger partial charge in [-0.1, -0.05) is 77.5 Å². The SMILES string of the molecule is Cc1ccc(-c2cc(CN(Cc3ccccc3)C(C(N)=O)c3ccc(O)cc3)no2)cc1. The van der Waals surface area contributed by atoms with Gasteiger partial charge in [0.1, 0.15) is 11.8 Å². The molecule has 6 nitrogen and oxygen atoms in total. The lowest BCUT2D eigenvalue weighted by Crippen LogP contribution is -2.37. The van der Waals surface area contributed by atoms with Gasteiger partial charge in [-0.05, 0) is 30.2 Å². The van der Waals surface area contributed by atoms with Crippen molar-refractivity contribution in [2.75, 3.05) is 0 Å². The molecule has 0 saturated carbocycles. The number of benzene rings is 3. The summed E-state index contributed by atoms with van der Waals surface area (Å²) in [6, 6.07) is 25.6. The molecular formula is C26H25N3O3. The Morgan fingerprint density at radius 1 is 1.00 bits per heavy atom. The minimum absolute atomic E-state index is 0.130. The fourth-order valence-corrected chi connectivity index (χ4v) is 3.72. The minimum Gasteiger partial charge on any atom is -0.508 e. The predicted molar refractivity (Wildman–Crippen MR) is 122 cm³/mol. The quantitative estimate of drug-likeness (QED) is 0.429.